The minimum absolute atomic E-state index is 0.373. The number of rotatable bonds is 5. The second kappa shape index (κ2) is 8.70. The summed E-state index contributed by atoms with van der Waals surface area (Å²) >= 11 is 1.60. The van der Waals surface area contributed by atoms with E-state index < -0.39 is 0 Å². The van der Waals surface area contributed by atoms with Crippen LogP contribution in [0.15, 0.2) is 24.3 Å². The van der Waals surface area contributed by atoms with Gasteiger partial charge in [-0.2, -0.15) is 4.37 Å². The molecule has 4 atom stereocenters. The van der Waals surface area contributed by atoms with Crippen molar-refractivity contribution in [3.05, 3.63) is 35.4 Å². The molecule has 1 aliphatic heterocycles. The van der Waals surface area contributed by atoms with Gasteiger partial charge in [-0.15, -0.1) is 0 Å². The van der Waals surface area contributed by atoms with Crippen LogP contribution >= 0.6 is 11.5 Å². The molecule has 2 aromatic heterocycles. The summed E-state index contributed by atoms with van der Waals surface area (Å²) in [5, 5.41) is 23.4. The Bertz CT molecular complexity index is 1190. The van der Waals surface area contributed by atoms with E-state index >= 15 is 0 Å². The smallest absolute Gasteiger partial charge is 0.197 e. The second-order valence-corrected chi connectivity index (χ2v) is 12.2. The highest BCUT2D eigenvalue weighted by Crippen LogP contribution is 2.60. The first-order valence-corrected chi connectivity index (χ1v) is 14.4. The van der Waals surface area contributed by atoms with Gasteiger partial charge in [0.25, 0.3) is 0 Å². The Morgan fingerprint density at radius 3 is 2.20 bits per heavy atom. The molecule has 186 valence electrons. The molecule has 6 nitrogen and oxygen atoms in total. The minimum Gasteiger partial charge on any atom is -0.494 e. The molecule has 4 aliphatic rings. The molecule has 0 spiro atoms. The van der Waals surface area contributed by atoms with Crippen LogP contribution in [0.25, 0.3) is 10.1 Å². The molecular formula is C28H36N4O2S. The Kier molecular flexibility index (Phi) is 5.46. The van der Waals surface area contributed by atoms with Crippen LogP contribution in [-0.4, -0.2) is 56.8 Å². The zero-order valence-electron chi connectivity index (χ0n) is 20.4. The lowest BCUT2D eigenvalue weighted by Crippen LogP contribution is -2.49. The lowest BCUT2D eigenvalue weighted by Gasteiger charge is -2.40. The molecule has 2 saturated carbocycles. The minimum atomic E-state index is 0.373. The monoisotopic (exact) mass is 492 g/mol. The summed E-state index contributed by atoms with van der Waals surface area (Å²) in [6.07, 6.45) is 8.49. The van der Waals surface area contributed by atoms with Crippen molar-refractivity contribution in [2.45, 2.75) is 63.3 Å². The van der Waals surface area contributed by atoms with Gasteiger partial charge in [0.1, 0.15) is 5.82 Å². The Balaban J connectivity index is 1.02. The van der Waals surface area contributed by atoms with Crippen molar-refractivity contribution in [2.24, 2.45) is 11.8 Å². The van der Waals surface area contributed by atoms with Gasteiger partial charge in [-0.1, -0.05) is 25.0 Å². The number of benzene rings is 1. The molecule has 0 unspecified atom stereocenters. The normalized spacial score (nSPS) is 28.7. The summed E-state index contributed by atoms with van der Waals surface area (Å²) in [4.78, 5) is 5.10. The Morgan fingerprint density at radius 1 is 0.829 bits per heavy atom. The molecule has 3 fully saturated rings. The van der Waals surface area contributed by atoms with Crippen LogP contribution < -0.4 is 4.90 Å². The molecule has 2 bridgehead atoms. The predicted molar refractivity (Wildman–Crippen MR) is 141 cm³/mol. The molecule has 3 aliphatic carbocycles. The highest BCUT2D eigenvalue weighted by atomic mass is 32.1. The molecule has 35 heavy (non-hydrogen) atoms. The third-order valence-corrected chi connectivity index (χ3v) is 10.4. The first kappa shape index (κ1) is 22.0. The van der Waals surface area contributed by atoms with Gasteiger partial charge in [-0.25, -0.2) is 0 Å². The van der Waals surface area contributed by atoms with Gasteiger partial charge in [0.05, 0.1) is 4.70 Å². The van der Waals surface area contributed by atoms with Crippen LogP contribution in [0, 0.1) is 11.8 Å². The van der Waals surface area contributed by atoms with Crippen LogP contribution in [0.4, 0.5) is 5.82 Å². The van der Waals surface area contributed by atoms with Gasteiger partial charge in [0, 0.05) is 55.8 Å². The number of hydrogen-bond acceptors (Lipinski definition) is 6. The van der Waals surface area contributed by atoms with Gasteiger partial charge < -0.3 is 15.1 Å². The zero-order valence-corrected chi connectivity index (χ0v) is 21.2. The maximum absolute atomic E-state index is 11.1. The van der Waals surface area contributed by atoms with Crippen molar-refractivity contribution in [2.75, 3.05) is 37.6 Å². The van der Waals surface area contributed by atoms with Gasteiger partial charge in [0.2, 0.25) is 0 Å². The Labute approximate surface area is 211 Å². The van der Waals surface area contributed by atoms with E-state index in [2.05, 4.69) is 34.1 Å². The third-order valence-electron chi connectivity index (χ3n) is 9.54. The number of fused-ring (bicyclic) bond motifs is 6. The molecule has 7 heteroatoms. The van der Waals surface area contributed by atoms with Gasteiger partial charge in [-0.05, 0) is 79.4 Å². The van der Waals surface area contributed by atoms with E-state index in [4.69, 9.17) is 4.37 Å². The van der Waals surface area contributed by atoms with Crippen molar-refractivity contribution in [1.29, 1.82) is 0 Å². The number of aromatic hydroxyl groups is 2. The summed E-state index contributed by atoms with van der Waals surface area (Å²) in [5.41, 5.74) is 2.16. The fourth-order valence-electron chi connectivity index (χ4n) is 7.69. The average molecular weight is 493 g/mol. The van der Waals surface area contributed by atoms with Crippen LogP contribution in [0.5, 0.6) is 11.8 Å². The standard InChI is InChI=1S/C28H36N4O2S/c33-27-24-18-9-10-19(15-18)25(24)28(34)32(27)17-21-6-2-1-5-20(21)16-30-11-13-31(14-12-30)26-22-7-3-4-8-23(22)35-29-26/h3-4,7-8,18-21,33-34H,1-2,5-6,9-17H2/t18-,19+,20-,21-/m0/s1. The number of nitrogens with zero attached hydrogens (tertiary/aromatic N) is 4. The van der Waals surface area contributed by atoms with E-state index in [9.17, 15) is 10.2 Å². The largest absolute Gasteiger partial charge is 0.494 e. The topological polar surface area (TPSA) is 64.8 Å². The van der Waals surface area contributed by atoms with Crippen LogP contribution in [0.2, 0.25) is 0 Å². The summed E-state index contributed by atoms with van der Waals surface area (Å²) in [6, 6.07) is 8.56. The Hall–Kier alpha value is -2.25. The number of piperazine rings is 1. The highest BCUT2D eigenvalue weighted by Gasteiger charge is 2.44. The second-order valence-electron chi connectivity index (χ2n) is 11.4. The summed E-state index contributed by atoms with van der Waals surface area (Å²) in [6.45, 7) is 6.10. The number of anilines is 1. The van der Waals surface area contributed by atoms with Gasteiger partial charge >= 0.3 is 0 Å². The van der Waals surface area contributed by atoms with Crippen molar-refractivity contribution in [3.8, 4) is 11.8 Å². The van der Waals surface area contributed by atoms with Crippen molar-refractivity contribution in [3.63, 3.8) is 0 Å². The first-order chi connectivity index (χ1) is 17.2. The van der Waals surface area contributed by atoms with Crippen LogP contribution in [-0.2, 0) is 6.54 Å². The molecule has 3 heterocycles. The molecular weight excluding hydrogens is 456 g/mol. The number of aromatic nitrogens is 2. The number of hydrogen-bond donors (Lipinski definition) is 2. The maximum Gasteiger partial charge on any atom is 0.197 e. The van der Waals surface area contributed by atoms with Crippen molar-refractivity contribution < 1.29 is 10.2 Å². The molecule has 0 radical (unpaired) electrons. The van der Waals surface area contributed by atoms with E-state index in [1.165, 1.54) is 48.6 Å². The Morgan fingerprint density at radius 2 is 1.49 bits per heavy atom. The molecule has 2 N–H and O–H groups in total. The maximum atomic E-state index is 11.1. The van der Waals surface area contributed by atoms with E-state index in [0.717, 1.165) is 62.6 Å². The summed E-state index contributed by atoms with van der Waals surface area (Å²) < 4.78 is 7.92. The lowest BCUT2D eigenvalue weighted by molar-refractivity contribution is 0.130. The molecule has 1 saturated heterocycles. The average Bonchev–Trinajstić information content (AvgIpc) is 3.66. The summed E-state index contributed by atoms with van der Waals surface area (Å²) in [5.74, 6) is 3.98. The highest BCUT2D eigenvalue weighted by molar-refractivity contribution is 7.13. The van der Waals surface area contributed by atoms with E-state index in [0.29, 0.717) is 35.4 Å². The van der Waals surface area contributed by atoms with Crippen molar-refractivity contribution >= 4 is 27.4 Å². The lowest BCUT2D eigenvalue weighted by atomic mass is 9.78. The molecule has 7 rings (SSSR count). The van der Waals surface area contributed by atoms with Crippen LogP contribution in [0.1, 0.15) is 67.9 Å². The van der Waals surface area contributed by atoms with Gasteiger partial charge in [0.15, 0.2) is 11.8 Å². The quantitative estimate of drug-likeness (QED) is 0.492. The van der Waals surface area contributed by atoms with E-state index in [1.807, 2.05) is 4.57 Å². The van der Waals surface area contributed by atoms with E-state index in [1.54, 1.807) is 11.5 Å². The van der Waals surface area contributed by atoms with Crippen molar-refractivity contribution in [1.82, 2.24) is 13.8 Å². The van der Waals surface area contributed by atoms with Gasteiger partial charge in [-0.3, -0.25) is 9.47 Å². The molecule has 3 aromatic rings. The van der Waals surface area contributed by atoms with Crippen LogP contribution in [0.3, 0.4) is 0 Å². The predicted octanol–water partition coefficient (Wildman–Crippen LogP) is 5.50. The summed E-state index contributed by atoms with van der Waals surface area (Å²) in [7, 11) is 0. The van der Waals surface area contributed by atoms with E-state index in [-0.39, 0.29) is 0 Å². The fraction of sp³-hybridized carbons (Fsp3) is 0.607. The molecule has 1 aromatic carbocycles. The molecule has 0 amide bonds. The first-order valence-electron chi connectivity index (χ1n) is 13.6. The SMILES string of the molecule is Oc1c2c(c(O)n1C[C@@H]1CCCC[C@H]1CN1CCN(c3nsc4ccccc34)CC1)[C@H]1CC[C@@H]2C1. The third kappa shape index (κ3) is 3.65. The zero-order chi connectivity index (χ0) is 23.5. The fourth-order valence-corrected chi connectivity index (χ4v) is 8.49.